The van der Waals surface area contributed by atoms with Gasteiger partial charge in [0.1, 0.15) is 0 Å². The van der Waals surface area contributed by atoms with Gasteiger partial charge in [0.2, 0.25) is 0 Å². The number of aromatic nitrogens is 1. The van der Waals surface area contributed by atoms with E-state index in [1.54, 1.807) is 0 Å². The lowest BCUT2D eigenvalue weighted by molar-refractivity contribution is 0.401. The predicted octanol–water partition coefficient (Wildman–Crippen LogP) is 1.50. The molecular weight excluding hydrogens is 224 g/mol. The summed E-state index contributed by atoms with van der Waals surface area (Å²) in [6, 6.07) is 2.17. The molecule has 18 heavy (non-hydrogen) atoms. The first-order valence-electron chi connectivity index (χ1n) is 6.50. The molecule has 1 heterocycles. The topological polar surface area (TPSA) is 31.4 Å². The van der Waals surface area contributed by atoms with E-state index in [2.05, 4.69) is 47.3 Å². The number of nitrogens with one attached hydrogen (secondary N) is 1. The van der Waals surface area contributed by atoms with Gasteiger partial charge in [-0.1, -0.05) is 0 Å². The van der Waals surface area contributed by atoms with Gasteiger partial charge in [0, 0.05) is 43.3 Å². The van der Waals surface area contributed by atoms with Crippen LogP contribution in [0.3, 0.4) is 0 Å². The first kappa shape index (κ1) is 14.9. The van der Waals surface area contributed by atoms with E-state index in [-0.39, 0.29) is 0 Å². The molecule has 102 valence electrons. The van der Waals surface area contributed by atoms with Crippen LogP contribution in [0.5, 0.6) is 0 Å². The van der Waals surface area contributed by atoms with Gasteiger partial charge in [0.15, 0.2) is 0 Å². The molecule has 0 saturated heterocycles. The highest BCUT2D eigenvalue weighted by atomic mass is 15.1. The van der Waals surface area contributed by atoms with Crippen molar-refractivity contribution < 1.29 is 0 Å². The lowest BCUT2D eigenvalue weighted by atomic mass is 10.2. The second-order valence-corrected chi connectivity index (χ2v) is 5.06. The monoisotopic (exact) mass is 250 g/mol. The van der Waals surface area contributed by atoms with E-state index < -0.39 is 0 Å². The van der Waals surface area contributed by atoms with Crippen molar-refractivity contribution >= 4 is 5.69 Å². The normalized spacial score (nSPS) is 11.0. The van der Waals surface area contributed by atoms with Crippen molar-refractivity contribution in [3.8, 4) is 0 Å². The van der Waals surface area contributed by atoms with Crippen LogP contribution in [-0.4, -0.2) is 51.2 Å². The van der Waals surface area contributed by atoms with Crippen LogP contribution in [0.25, 0.3) is 0 Å². The van der Waals surface area contributed by atoms with Gasteiger partial charge < -0.3 is 15.1 Å². The Bertz CT molecular complexity index is 363. The van der Waals surface area contributed by atoms with Crippen LogP contribution in [0.2, 0.25) is 0 Å². The van der Waals surface area contributed by atoms with Crippen LogP contribution in [0.15, 0.2) is 12.3 Å². The number of pyridine rings is 1. The summed E-state index contributed by atoms with van der Waals surface area (Å²) in [6.07, 6.45) is 3.15. The Hall–Kier alpha value is -1.13. The maximum atomic E-state index is 4.37. The van der Waals surface area contributed by atoms with E-state index in [9.17, 15) is 0 Å². The van der Waals surface area contributed by atoms with Crippen molar-refractivity contribution in [3.05, 3.63) is 23.5 Å². The molecule has 0 saturated carbocycles. The minimum absolute atomic E-state index is 0.862. The number of hydrogen-bond donors (Lipinski definition) is 1. The summed E-state index contributed by atoms with van der Waals surface area (Å²) in [7, 11) is 8.35. The third kappa shape index (κ3) is 4.63. The Morgan fingerprint density at radius 2 is 1.94 bits per heavy atom. The van der Waals surface area contributed by atoms with Crippen molar-refractivity contribution in [2.45, 2.75) is 19.9 Å². The van der Waals surface area contributed by atoms with E-state index in [1.165, 1.54) is 17.7 Å². The van der Waals surface area contributed by atoms with Crippen LogP contribution in [0.1, 0.15) is 17.7 Å². The van der Waals surface area contributed by atoms with Crippen molar-refractivity contribution in [3.63, 3.8) is 0 Å². The van der Waals surface area contributed by atoms with Gasteiger partial charge in [-0.15, -0.1) is 0 Å². The molecular formula is C14H26N4. The average molecular weight is 250 g/mol. The summed E-state index contributed by atoms with van der Waals surface area (Å²) in [5, 5.41) is 3.20. The minimum Gasteiger partial charge on any atom is -0.374 e. The summed E-state index contributed by atoms with van der Waals surface area (Å²) in [4.78, 5) is 8.92. The van der Waals surface area contributed by atoms with E-state index in [0.717, 1.165) is 25.3 Å². The summed E-state index contributed by atoms with van der Waals surface area (Å²) >= 11 is 0. The first-order valence-corrected chi connectivity index (χ1v) is 6.50. The van der Waals surface area contributed by atoms with Gasteiger partial charge in [0.25, 0.3) is 0 Å². The summed E-state index contributed by atoms with van der Waals surface area (Å²) < 4.78 is 0. The minimum atomic E-state index is 0.862. The third-order valence-corrected chi connectivity index (χ3v) is 2.98. The maximum Gasteiger partial charge on any atom is 0.0442 e. The Morgan fingerprint density at radius 1 is 1.22 bits per heavy atom. The lowest BCUT2D eigenvalue weighted by Crippen LogP contribution is -2.25. The van der Waals surface area contributed by atoms with Crippen LogP contribution in [-0.2, 0) is 6.54 Å². The molecule has 0 fully saturated rings. The molecule has 0 radical (unpaired) electrons. The second-order valence-electron chi connectivity index (χ2n) is 5.06. The van der Waals surface area contributed by atoms with E-state index in [1.807, 2.05) is 20.2 Å². The highest BCUT2D eigenvalue weighted by Crippen LogP contribution is 2.19. The molecule has 4 nitrogen and oxygen atoms in total. The van der Waals surface area contributed by atoms with Gasteiger partial charge in [0.05, 0.1) is 0 Å². The zero-order chi connectivity index (χ0) is 13.5. The van der Waals surface area contributed by atoms with Gasteiger partial charge in [-0.3, -0.25) is 4.98 Å². The van der Waals surface area contributed by atoms with E-state index in [4.69, 9.17) is 0 Å². The zero-order valence-electron chi connectivity index (χ0n) is 12.3. The SMILES string of the molecule is CNCc1cnc(C)cc1N(C)CCCN(C)C. The Labute approximate surface area is 111 Å². The molecule has 1 N–H and O–H groups in total. The Morgan fingerprint density at radius 3 is 2.56 bits per heavy atom. The summed E-state index contributed by atoms with van der Waals surface area (Å²) in [6.45, 7) is 5.09. The molecule has 1 rings (SSSR count). The van der Waals surface area contributed by atoms with E-state index in [0.29, 0.717) is 0 Å². The molecule has 0 amide bonds. The van der Waals surface area contributed by atoms with Gasteiger partial charge in [-0.05, 0) is 47.1 Å². The molecule has 1 aromatic heterocycles. The molecule has 1 aromatic rings. The van der Waals surface area contributed by atoms with Crippen molar-refractivity contribution in [2.24, 2.45) is 0 Å². The predicted molar refractivity (Wildman–Crippen MR) is 78.2 cm³/mol. The van der Waals surface area contributed by atoms with Crippen molar-refractivity contribution in [1.82, 2.24) is 15.2 Å². The molecule has 0 aromatic carbocycles. The molecule has 4 heteroatoms. The second kappa shape index (κ2) is 7.34. The van der Waals surface area contributed by atoms with Gasteiger partial charge in [-0.2, -0.15) is 0 Å². The number of anilines is 1. The standard InChI is InChI=1S/C14H26N4/c1-12-9-14(13(10-15-2)11-16-12)18(5)8-6-7-17(3)4/h9,11,15H,6-8,10H2,1-5H3. The fourth-order valence-electron chi connectivity index (χ4n) is 2.00. The number of hydrogen-bond acceptors (Lipinski definition) is 4. The summed E-state index contributed by atoms with van der Waals surface area (Å²) in [5.74, 6) is 0. The summed E-state index contributed by atoms with van der Waals surface area (Å²) in [5.41, 5.74) is 3.62. The molecule has 0 unspecified atom stereocenters. The highest BCUT2D eigenvalue weighted by molar-refractivity contribution is 5.53. The molecule has 0 aliphatic rings. The number of nitrogens with zero attached hydrogens (tertiary/aromatic N) is 3. The fourth-order valence-corrected chi connectivity index (χ4v) is 2.00. The average Bonchev–Trinajstić information content (AvgIpc) is 2.31. The van der Waals surface area contributed by atoms with Gasteiger partial charge >= 0.3 is 0 Å². The van der Waals surface area contributed by atoms with Crippen molar-refractivity contribution in [1.29, 1.82) is 0 Å². The Balaban J connectivity index is 2.70. The Kier molecular flexibility index (Phi) is 6.09. The zero-order valence-corrected chi connectivity index (χ0v) is 12.3. The fraction of sp³-hybridized carbons (Fsp3) is 0.643. The first-order chi connectivity index (χ1) is 8.54. The van der Waals surface area contributed by atoms with E-state index >= 15 is 0 Å². The van der Waals surface area contributed by atoms with Crippen LogP contribution < -0.4 is 10.2 Å². The molecule has 0 spiro atoms. The molecule has 0 aliphatic carbocycles. The number of aryl methyl sites for hydroxylation is 1. The van der Waals surface area contributed by atoms with Crippen LogP contribution in [0, 0.1) is 6.92 Å². The van der Waals surface area contributed by atoms with Crippen molar-refractivity contribution in [2.75, 3.05) is 46.2 Å². The molecule has 0 atom stereocenters. The highest BCUT2D eigenvalue weighted by Gasteiger charge is 2.08. The molecule has 0 aliphatic heterocycles. The third-order valence-electron chi connectivity index (χ3n) is 2.98. The van der Waals surface area contributed by atoms with Crippen LogP contribution >= 0.6 is 0 Å². The lowest BCUT2D eigenvalue weighted by Gasteiger charge is -2.23. The quantitative estimate of drug-likeness (QED) is 0.794. The molecule has 0 bridgehead atoms. The van der Waals surface area contributed by atoms with Gasteiger partial charge in [-0.25, -0.2) is 0 Å². The smallest absolute Gasteiger partial charge is 0.0442 e. The number of rotatable bonds is 7. The maximum absolute atomic E-state index is 4.37. The largest absolute Gasteiger partial charge is 0.374 e. The van der Waals surface area contributed by atoms with Crippen LogP contribution in [0.4, 0.5) is 5.69 Å².